The summed E-state index contributed by atoms with van der Waals surface area (Å²) < 4.78 is 5.15. The predicted octanol–water partition coefficient (Wildman–Crippen LogP) is 2.19. The summed E-state index contributed by atoms with van der Waals surface area (Å²) in [5.74, 6) is 0.774. The van der Waals surface area contributed by atoms with E-state index in [1.165, 1.54) is 0 Å². The second-order valence-electron chi connectivity index (χ2n) is 2.88. The van der Waals surface area contributed by atoms with E-state index in [0.29, 0.717) is 11.4 Å². The first kappa shape index (κ1) is 10.4. The maximum Gasteiger partial charge on any atom is 0.123 e. The zero-order chi connectivity index (χ0) is 9.84. The molecule has 0 aliphatic rings. The van der Waals surface area contributed by atoms with Crippen molar-refractivity contribution in [3.63, 3.8) is 0 Å². The summed E-state index contributed by atoms with van der Waals surface area (Å²) in [5, 5.41) is 9.44. The van der Waals surface area contributed by atoms with Gasteiger partial charge in [0.05, 0.1) is 7.11 Å². The Balaban J connectivity index is 3.06. The van der Waals surface area contributed by atoms with Gasteiger partial charge in [-0.15, -0.1) is 0 Å². The fourth-order valence-corrected chi connectivity index (χ4v) is 1.43. The molecular formula is C10H13ClO2. The molecule has 0 aliphatic heterocycles. The highest BCUT2D eigenvalue weighted by atomic mass is 35.5. The van der Waals surface area contributed by atoms with Gasteiger partial charge in [-0.3, -0.25) is 0 Å². The SMILES string of the molecule is COc1cc(CCO)cc(Cl)c1C. The molecule has 0 heterocycles. The van der Waals surface area contributed by atoms with E-state index in [2.05, 4.69) is 0 Å². The maximum absolute atomic E-state index is 8.76. The zero-order valence-corrected chi connectivity index (χ0v) is 8.56. The molecule has 0 amide bonds. The predicted molar refractivity (Wildman–Crippen MR) is 53.5 cm³/mol. The second kappa shape index (κ2) is 4.49. The highest BCUT2D eigenvalue weighted by molar-refractivity contribution is 6.31. The summed E-state index contributed by atoms with van der Waals surface area (Å²) in [6.07, 6.45) is 0.608. The first-order valence-corrected chi connectivity index (χ1v) is 4.50. The van der Waals surface area contributed by atoms with E-state index in [9.17, 15) is 0 Å². The van der Waals surface area contributed by atoms with E-state index in [0.717, 1.165) is 16.9 Å². The summed E-state index contributed by atoms with van der Waals surface area (Å²) in [7, 11) is 1.61. The molecule has 0 atom stereocenters. The maximum atomic E-state index is 8.76. The van der Waals surface area contributed by atoms with Gasteiger partial charge in [0.15, 0.2) is 0 Å². The van der Waals surface area contributed by atoms with Gasteiger partial charge in [0, 0.05) is 17.2 Å². The lowest BCUT2D eigenvalue weighted by molar-refractivity contribution is 0.299. The summed E-state index contributed by atoms with van der Waals surface area (Å²) in [4.78, 5) is 0. The Labute approximate surface area is 83.1 Å². The van der Waals surface area contributed by atoms with Crippen molar-refractivity contribution >= 4 is 11.6 Å². The van der Waals surface area contributed by atoms with Crippen LogP contribution in [0.4, 0.5) is 0 Å². The molecule has 1 rings (SSSR count). The van der Waals surface area contributed by atoms with Crippen LogP contribution in [0.3, 0.4) is 0 Å². The van der Waals surface area contributed by atoms with Gasteiger partial charge in [-0.25, -0.2) is 0 Å². The lowest BCUT2D eigenvalue weighted by atomic mass is 10.1. The molecule has 1 aromatic rings. The molecule has 0 aliphatic carbocycles. The average molecular weight is 201 g/mol. The molecule has 1 N–H and O–H groups in total. The van der Waals surface area contributed by atoms with Crippen LogP contribution in [0.2, 0.25) is 5.02 Å². The molecule has 0 radical (unpaired) electrons. The third-order valence-corrected chi connectivity index (χ3v) is 2.37. The number of hydrogen-bond acceptors (Lipinski definition) is 2. The molecule has 3 heteroatoms. The number of ether oxygens (including phenoxy) is 1. The number of aliphatic hydroxyl groups excluding tert-OH is 1. The van der Waals surface area contributed by atoms with Crippen molar-refractivity contribution in [2.75, 3.05) is 13.7 Å². The molecule has 0 bridgehead atoms. The number of methoxy groups -OCH3 is 1. The Morgan fingerprint density at radius 1 is 1.46 bits per heavy atom. The number of rotatable bonds is 3. The van der Waals surface area contributed by atoms with Crippen molar-refractivity contribution in [1.82, 2.24) is 0 Å². The molecule has 72 valence electrons. The number of halogens is 1. The average Bonchev–Trinajstić information content (AvgIpc) is 2.11. The normalized spacial score (nSPS) is 10.2. The van der Waals surface area contributed by atoms with E-state index in [-0.39, 0.29) is 6.61 Å². The van der Waals surface area contributed by atoms with E-state index in [1.54, 1.807) is 7.11 Å². The molecule has 13 heavy (non-hydrogen) atoms. The third-order valence-electron chi connectivity index (χ3n) is 1.98. The van der Waals surface area contributed by atoms with Gasteiger partial charge in [-0.2, -0.15) is 0 Å². The standard InChI is InChI=1S/C10H13ClO2/c1-7-9(11)5-8(3-4-12)6-10(7)13-2/h5-6,12H,3-4H2,1-2H3. The summed E-state index contributed by atoms with van der Waals surface area (Å²) in [5.41, 5.74) is 1.93. The lowest BCUT2D eigenvalue weighted by Gasteiger charge is -2.08. The van der Waals surface area contributed by atoms with Crippen LogP contribution in [-0.4, -0.2) is 18.8 Å². The number of hydrogen-bond donors (Lipinski definition) is 1. The van der Waals surface area contributed by atoms with Crippen LogP contribution in [0.1, 0.15) is 11.1 Å². The minimum Gasteiger partial charge on any atom is -0.496 e. The van der Waals surface area contributed by atoms with Gasteiger partial charge in [-0.05, 0) is 31.0 Å². The molecular weight excluding hydrogens is 188 g/mol. The highest BCUT2D eigenvalue weighted by Crippen LogP contribution is 2.27. The molecule has 0 spiro atoms. The third kappa shape index (κ3) is 2.36. The van der Waals surface area contributed by atoms with Crippen LogP contribution in [0, 0.1) is 6.92 Å². The highest BCUT2D eigenvalue weighted by Gasteiger charge is 2.05. The number of aliphatic hydroxyl groups is 1. The Morgan fingerprint density at radius 3 is 2.69 bits per heavy atom. The molecule has 2 nitrogen and oxygen atoms in total. The van der Waals surface area contributed by atoms with Crippen LogP contribution in [0.5, 0.6) is 5.75 Å². The van der Waals surface area contributed by atoms with Crippen molar-refractivity contribution in [1.29, 1.82) is 0 Å². The lowest BCUT2D eigenvalue weighted by Crippen LogP contribution is -1.94. The largest absolute Gasteiger partial charge is 0.496 e. The van der Waals surface area contributed by atoms with Gasteiger partial charge in [0.1, 0.15) is 5.75 Å². The number of benzene rings is 1. The summed E-state index contributed by atoms with van der Waals surface area (Å²) in [6, 6.07) is 3.76. The van der Waals surface area contributed by atoms with Gasteiger partial charge in [-0.1, -0.05) is 11.6 Å². The van der Waals surface area contributed by atoms with Crippen LogP contribution < -0.4 is 4.74 Å². The zero-order valence-electron chi connectivity index (χ0n) is 7.80. The Kier molecular flexibility index (Phi) is 3.58. The molecule has 0 saturated carbocycles. The van der Waals surface area contributed by atoms with E-state index >= 15 is 0 Å². The quantitative estimate of drug-likeness (QED) is 0.811. The van der Waals surface area contributed by atoms with E-state index < -0.39 is 0 Å². The fourth-order valence-electron chi connectivity index (χ4n) is 1.19. The van der Waals surface area contributed by atoms with E-state index in [1.807, 2.05) is 19.1 Å². The van der Waals surface area contributed by atoms with Gasteiger partial charge in [0.25, 0.3) is 0 Å². The first-order valence-electron chi connectivity index (χ1n) is 4.13. The second-order valence-corrected chi connectivity index (χ2v) is 3.29. The minimum atomic E-state index is 0.128. The van der Waals surface area contributed by atoms with Crippen molar-refractivity contribution in [3.05, 3.63) is 28.3 Å². The summed E-state index contributed by atoms with van der Waals surface area (Å²) in [6.45, 7) is 2.03. The fraction of sp³-hybridized carbons (Fsp3) is 0.400. The van der Waals surface area contributed by atoms with Crippen molar-refractivity contribution in [2.45, 2.75) is 13.3 Å². The first-order chi connectivity index (χ1) is 6.19. The van der Waals surface area contributed by atoms with Crippen LogP contribution in [-0.2, 0) is 6.42 Å². The Bertz CT molecular complexity index is 297. The topological polar surface area (TPSA) is 29.5 Å². The molecule has 1 aromatic carbocycles. The van der Waals surface area contributed by atoms with Crippen LogP contribution in [0.25, 0.3) is 0 Å². The summed E-state index contributed by atoms with van der Waals surface area (Å²) >= 11 is 5.97. The molecule has 0 aromatic heterocycles. The van der Waals surface area contributed by atoms with Crippen molar-refractivity contribution in [3.8, 4) is 5.75 Å². The van der Waals surface area contributed by atoms with Crippen LogP contribution in [0.15, 0.2) is 12.1 Å². The Hall–Kier alpha value is -0.730. The monoisotopic (exact) mass is 200 g/mol. The van der Waals surface area contributed by atoms with Gasteiger partial charge >= 0.3 is 0 Å². The van der Waals surface area contributed by atoms with Gasteiger partial charge < -0.3 is 9.84 Å². The van der Waals surface area contributed by atoms with E-state index in [4.69, 9.17) is 21.4 Å². The van der Waals surface area contributed by atoms with Gasteiger partial charge in [0.2, 0.25) is 0 Å². The van der Waals surface area contributed by atoms with Crippen molar-refractivity contribution < 1.29 is 9.84 Å². The minimum absolute atomic E-state index is 0.128. The molecule has 0 unspecified atom stereocenters. The van der Waals surface area contributed by atoms with Crippen LogP contribution >= 0.6 is 11.6 Å². The smallest absolute Gasteiger partial charge is 0.123 e. The Morgan fingerprint density at radius 2 is 2.15 bits per heavy atom. The molecule has 0 saturated heterocycles. The molecule has 0 fully saturated rings. The van der Waals surface area contributed by atoms with Crippen molar-refractivity contribution in [2.24, 2.45) is 0 Å².